The van der Waals surface area contributed by atoms with Crippen LogP contribution in [0.1, 0.15) is 19.7 Å². The van der Waals surface area contributed by atoms with Crippen molar-refractivity contribution in [2.24, 2.45) is 0 Å². The van der Waals surface area contributed by atoms with Crippen molar-refractivity contribution in [2.75, 3.05) is 27.4 Å². The molecule has 0 aliphatic carbocycles. The molecule has 0 bridgehead atoms. The van der Waals surface area contributed by atoms with Crippen molar-refractivity contribution >= 4 is 10.9 Å². The fourth-order valence-electron chi connectivity index (χ4n) is 2.97. The predicted molar refractivity (Wildman–Crippen MR) is 90.8 cm³/mol. The monoisotopic (exact) mass is 333 g/mol. The standard InChI is InChI=1S/C17H23N3O4/c1-10-9-24-11(2)7-20(10)8-16-18-13-6-15(23-4)14(22-3)5-12(13)17(21)19-16/h5-6,10-11H,7-9H2,1-4H3,(H,18,19,21)/t10-,11+/m0/s1. The summed E-state index contributed by atoms with van der Waals surface area (Å²) < 4.78 is 16.2. The molecule has 0 unspecified atom stereocenters. The van der Waals surface area contributed by atoms with E-state index in [1.54, 1.807) is 26.4 Å². The smallest absolute Gasteiger partial charge is 0.258 e. The number of aromatic amines is 1. The number of ether oxygens (including phenoxy) is 3. The Morgan fingerprint density at radius 3 is 2.71 bits per heavy atom. The van der Waals surface area contributed by atoms with Gasteiger partial charge in [-0.15, -0.1) is 0 Å². The number of fused-ring (bicyclic) bond motifs is 1. The van der Waals surface area contributed by atoms with Crippen LogP contribution >= 0.6 is 0 Å². The van der Waals surface area contributed by atoms with Gasteiger partial charge in [0, 0.05) is 18.7 Å². The average Bonchev–Trinajstić information content (AvgIpc) is 2.57. The Kier molecular flexibility index (Phi) is 4.73. The lowest BCUT2D eigenvalue weighted by atomic mass is 10.2. The first kappa shape index (κ1) is 16.7. The van der Waals surface area contributed by atoms with Gasteiger partial charge in [0.25, 0.3) is 5.56 Å². The van der Waals surface area contributed by atoms with Crippen LogP contribution in [0.3, 0.4) is 0 Å². The van der Waals surface area contributed by atoms with E-state index in [1.807, 2.05) is 6.92 Å². The number of aromatic nitrogens is 2. The summed E-state index contributed by atoms with van der Waals surface area (Å²) in [4.78, 5) is 22.2. The molecule has 7 heteroatoms. The predicted octanol–water partition coefficient (Wildman–Crippen LogP) is 1.55. The van der Waals surface area contributed by atoms with Crippen molar-refractivity contribution in [3.8, 4) is 11.5 Å². The summed E-state index contributed by atoms with van der Waals surface area (Å²) >= 11 is 0. The van der Waals surface area contributed by atoms with E-state index in [4.69, 9.17) is 14.2 Å². The van der Waals surface area contributed by atoms with Crippen LogP contribution in [-0.2, 0) is 11.3 Å². The second-order valence-corrected chi connectivity index (χ2v) is 6.16. The second-order valence-electron chi connectivity index (χ2n) is 6.16. The van der Waals surface area contributed by atoms with Crippen LogP contribution in [0.5, 0.6) is 11.5 Å². The number of nitrogens with one attached hydrogen (secondary N) is 1. The molecule has 7 nitrogen and oxygen atoms in total. The minimum atomic E-state index is -0.176. The molecule has 2 atom stereocenters. The molecule has 1 aliphatic rings. The Bertz CT molecular complexity index is 789. The maximum Gasteiger partial charge on any atom is 0.258 e. The van der Waals surface area contributed by atoms with Crippen LogP contribution in [0, 0.1) is 0 Å². The molecule has 1 fully saturated rings. The van der Waals surface area contributed by atoms with Gasteiger partial charge in [-0.05, 0) is 19.9 Å². The van der Waals surface area contributed by atoms with Crippen molar-refractivity contribution in [3.63, 3.8) is 0 Å². The van der Waals surface area contributed by atoms with Crippen molar-refractivity contribution in [3.05, 3.63) is 28.3 Å². The number of nitrogens with zero attached hydrogens (tertiary/aromatic N) is 2. The molecule has 1 aromatic carbocycles. The molecule has 2 aromatic rings. The fraction of sp³-hybridized carbons (Fsp3) is 0.529. The zero-order valence-corrected chi connectivity index (χ0v) is 14.5. The lowest BCUT2D eigenvalue weighted by Crippen LogP contribution is -2.47. The summed E-state index contributed by atoms with van der Waals surface area (Å²) in [7, 11) is 3.11. The van der Waals surface area contributed by atoms with E-state index < -0.39 is 0 Å². The molecule has 0 radical (unpaired) electrons. The minimum absolute atomic E-state index is 0.176. The van der Waals surface area contributed by atoms with Crippen molar-refractivity contribution < 1.29 is 14.2 Å². The van der Waals surface area contributed by atoms with E-state index in [2.05, 4.69) is 21.8 Å². The molecule has 1 saturated heterocycles. The first-order chi connectivity index (χ1) is 11.5. The number of benzene rings is 1. The van der Waals surface area contributed by atoms with Crippen LogP contribution < -0.4 is 15.0 Å². The van der Waals surface area contributed by atoms with E-state index >= 15 is 0 Å². The van der Waals surface area contributed by atoms with E-state index in [0.717, 1.165) is 6.54 Å². The maximum atomic E-state index is 12.4. The Hall–Kier alpha value is -2.12. The van der Waals surface area contributed by atoms with Crippen LogP contribution in [0.15, 0.2) is 16.9 Å². The molecule has 2 heterocycles. The van der Waals surface area contributed by atoms with Gasteiger partial charge in [0.1, 0.15) is 5.82 Å². The van der Waals surface area contributed by atoms with Gasteiger partial charge in [-0.25, -0.2) is 4.98 Å². The topological polar surface area (TPSA) is 76.7 Å². The molecule has 1 aromatic heterocycles. The van der Waals surface area contributed by atoms with Crippen molar-refractivity contribution in [2.45, 2.75) is 32.5 Å². The van der Waals surface area contributed by atoms with E-state index in [9.17, 15) is 4.79 Å². The summed E-state index contributed by atoms with van der Waals surface area (Å²) in [5, 5.41) is 0.486. The Morgan fingerprint density at radius 2 is 2.00 bits per heavy atom. The quantitative estimate of drug-likeness (QED) is 0.915. The molecule has 1 N–H and O–H groups in total. The third kappa shape index (κ3) is 3.22. The first-order valence-corrected chi connectivity index (χ1v) is 8.02. The van der Waals surface area contributed by atoms with E-state index in [0.29, 0.717) is 41.4 Å². The van der Waals surface area contributed by atoms with Gasteiger partial charge in [0.2, 0.25) is 0 Å². The molecule has 0 saturated carbocycles. The van der Waals surface area contributed by atoms with Crippen LogP contribution in [-0.4, -0.2) is 54.4 Å². The zero-order chi connectivity index (χ0) is 17.3. The Morgan fingerprint density at radius 1 is 1.29 bits per heavy atom. The number of rotatable bonds is 4. The normalized spacial score (nSPS) is 21.8. The third-order valence-electron chi connectivity index (χ3n) is 4.35. The SMILES string of the molecule is COc1cc2nc(CN3C[C@@H](C)OC[C@@H]3C)[nH]c(=O)c2cc1OC. The largest absolute Gasteiger partial charge is 0.493 e. The highest BCUT2D eigenvalue weighted by atomic mass is 16.5. The van der Waals surface area contributed by atoms with Gasteiger partial charge in [0.15, 0.2) is 11.5 Å². The summed E-state index contributed by atoms with van der Waals surface area (Å²) in [6, 6.07) is 3.68. The molecule has 24 heavy (non-hydrogen) atoms. The number of hydrogen-bond acceptors (Lipinski definition) is 6. The summed E-state index contributed by atoms with van der Waals surface area (Å²) in [5.41, 5.74) is 0.422. The molecular weight excluding hydrogens is 310 g/mol. The number of H-pyrrole nitrogens is 1. The van der Waals surface area contributed by atoms with Gasteiger partial charge in [-0.3, -0.25) is 9.69 Å². The molecule has 3 rings (SSSR count). The number of morpholine rings is 1. The van der Waals surface area contributed by atoms with Gasteiger partial charge in [0.05, 0.1) is 44.4 Å². The molecule has 130 valence electrons. The van der Waals surface area contributed by atoms with Gasteiger partial charge in [-0.2, -0.15) is 0 Å². The zero-order valence-electron chi connectivity index (χ0n) is 14.5. The highest BCUT2D eigenvalue weighted by molar-refractivity contribution is 5.81. The summed E-state index contributed by atoms with van der Waals surface area (Å²) in [6.45, 7) is 6.23. The number of methoxy groups -OCH3 is 2. The maximum absolute atomic E-state index is 12.4. The van der Waals surface area contributed by atoms with E-state index in [-0.39, 0.29) is 17.7 Å². The average molecular weight is 333 g/mol. The van der Waals surface area contributed by atoms with Crippen LogP contribution in [0.2, 0.25) is 0 Å². The highest BCUT2D eigenvalue weighted by Gasteiger charge is 2.24. The molecule has 0 spiro atoms. The Balaban J connectivity index is 1.96. The summed E-state index contributed by atoms with van der Waals surface area (Å²) in [6.07, 6.45) is 0.178. The van der Waals surface area contributed by atoms with Crippen molar-refractivity contribution in [1.82, 2.24) is 14.9 Å². The minimum Gasteiger partial charge on any atom is -0.493 e. The molecular formula is C17H23N3O4. The third-order valence-corrected chi connectivity index (χ3v) is 4.35. The lowest BCUT2D eigenvalue weighted by molar-refractivity contribution is -0.0534. The van der Waals surface area contributed by atoms with E-state index in [1.165, 1.54) is 0 Å². The lowest BCUT2D eigenvalue weighted by Gasteiger charge is -2.36. The first-order valence-electron chi connectivity index (χ1n) is 8.02. The van der Waals surface area contributed by atoms with Crippen LogP contribution in [0.4, 0.5) is 0 Å². The van der Waals surface area contributed by atoms with Gasteiger partial charge in [-0.1, -0.05) is 0 Å². The Labute approximate surface area is 140 Å². The summed E-state index contributed by atoms with van der Waals surface area (Å²) in [5.74, 6) is 1.71. The second kappa shape index (κ2) is 6.78. The molecule has 0 amide bonds. The van der Waals surface area contributed by atoms with Gasteiger partial charge < -0.3 is 19.2 Å². The fourth-order valence-corrected chi connectivity index (χ4v) is 2.97. The van der Waals surface area contributed by atoms with Crippen molar-refractivity contribution in [1.29, 1.82) is 0 Å². The number of hydrogen-bond donors (Lipinski definition) is 1. The van der Waals surface area contributed by atoms with Gasteiger partial charge >= 0.3 is 0 Å². The molecule has 1 aliphatic heterocycles. The van der Waals surface area contributed by atoms with Crippen LogP contribution in [0.25, 0.3) is 10.9 Å². The highest BCUT2D eigenvalue weighted by Crippen LogP contribution is 2.30.